The van der Waals surface area contributed by atoms with Gasteiger partial charge in [0.2, 0.25) is 0 Å². The van der Waals surface area contributed by atoms with Gasteiger partial charge in [-0.15, -0.1) is 11.8 Å². The molecule has 28 heavy (non-hydrogen) atoms. The summed E-state index contributed by atoms with van der Waals surface area (Å²) in [6.07, 6.45) is 2.60. The van der Waals surface area contributed by atoms with Crippen LogP contribution < -0.4 is 16.2 Å². The summed E-state index contributed by atoms with van der Waals surface area (Å²) in [5, 5.41) is 16.3. The number of Topliss-reactive ketones (excluding diaryl/α,β-unsaturated/α-hetero) is 1. The molecule has 0 fully saturated rings. The standard InChI is InChI=1S/C20H28N4O3S/c1-3-17(24-11-10-22-18(20(24)27)21-4-2)19(26)23-12-16(25)14-28-13-15-8-6-5-7-9-15/h5-11,17,19,23,26H,3-4,12-14H2,1-2H3,(H,21,22). The van der Waals surface area contributed by atoms with Crippen LogP contribution in [-0.2, 0) is 10.5 Å². The lowest BCUT2D eigenvalue weighted by molar-refractivity contribution is -0.116. The molecule has 0 saturated heterocycles. The van der Waals surface area contributed by atoms with Gasteiger partial charge in [-0.25, -0.2) is 4.98 Å². The summed E-state index contributed by atoms with van der Waals surface area (Å²) in [4.78, 5) is 28.6. The summed E-state index contributed by atoms with van der Waals surface area (Å²) >= 11 is 1.54. The third-order valence-corrected chi connectivity index (χ3v) is 5.30. The van der Waals surface area contributed by atoms with Crippen molar-refractivity contribution in [2.75, 3.05) is 24.2 Å². The van der Waals surface area contributed by atoms with E-state index in [0.717, 1.165) is 5.75 Å². The number of thioether (sulfide) groups is 1. The fourth-order valence-corrected chi connectivity index (χ4v) is 3.67. The lowest BCUT2D eigenvalue weighted by atomic mass is 10.2. The SMILES string of the molecule is CCNc1nccn(C(CC)C(O)NCC(=O)CSCc2ccccc2)c1=O. The Morgan fingerprint density at radius 3 is 2.71 bits per heavy atom. The van der Waals surface area contributed by atoms with Gasteiger partial charge in [0.1, 0.15) is 6.23 Å². The zero-order valence-corrected chi connectivity index (χ0v) is 17.1. The van der Waals surface area contributed by atoms with Crippen LogP contribution in [0.3, 0.4) is 0 Å². The maximum absolute atomic E-state index is 12.5. The first-order valence-corrected chi connectivity index (χ1v) is 10.6. The first-order chi connectivity index (χ1) is 13.6. The van der Waals surface area contributed by atoms with Crippen molar-refractivity contribution in [3.8, 4) is 0 Å². The number of ketones is 1. The number of carbonyl (C=O) groups is 1. The molecule has 2 aromatic rings. The van der Waals surface area contributed by atoms with E-state index in [1.54, 1.807) is 18.0 Å². The predicted molar refractivity (Wildman–Crippen MR) is 114 cm³/mol. The van der Waals surface area contributed by atoms with Gasteiger partial charge in [-0.3, -0.25) is 14.9 Å². The minimum atomic E-state index is -1.01. The zero-order valence-electron chi connectivity index (χ0n) is 16.3. The predicted octanol–water partition coefficient (Wildman–Crippen LogP) is 2.04. The normalized spacial score (nSPS) is 13.1. The topological polar surface area (TPSA) is 96.2 Å². The van der Waals surface area contributed by atoms with E-state index in [9.17, 15) is 14.7 Å². The molecule has 0 saturated carbocycles. The van der Waals surface area contributed by atoms with Crippen molar-refractivity contribution in [3.63, 3.8) is 0 Å². The van der Waals surface area contributed by atoms with E-state index in [4.69, 9.17) is 0 Å². The Kier molecular flexibility index (Phi) is 9.19. The molecule has 3 N–H and O–H groups in total. The highest BCUT2D eigenvalue weighted by Gasteiger charge is 2.21. The first-order valence-electron chi connectivity index (χ1n) is 9.42. The minimum Gasteiger partial charge on any atom is -0.376 e. The van der Waals surface area contributed by atoms with Gasteiger partial charge in [0.05, 0.1) is 18.3 Å². The Hall–Kier alpha value is -2.16. The molecule has 1 aromatic heterocycles. The third-order valence-electron chi connectivity index (χ3n) is 4.24. The Morgan fingerprint density at radius 1 is 1.29 bits per heavy atom. The van der Waals surface area contributed by atoms with E-state index in [1.807, 2.05) is 44.2 Å². The van der Waals surface area contributed by atoms with Crippen LogP contribution in [0.1, 0.15) is 31.9 Å². The molecule has 0 aliphatic carbocycles. The van der Waals surface area contributed by atoms with Gasteiger partial charge in [-0.2, -0.15) is 0 Å². The Morgan fingerprint density at radius 2 is 2.04 bits per heavy atom. The number of benzene rings is 1. The van der Waals surface area contributed by atoms with Gasteiger partial charge >= 0.3 is 0 Å². The number of hydrogen-bond acceptors (Lipinski definition) is 7. The average molecular weight is 405 g/mol. The molecule has 1 heterocycles. The van der Waals surface area contributed by atoms with Crippen molar-refractivity contribution >= 4 is 23.4 Å². The van der Waals surface area contributed by atoms with Crippen LogP contribution >= 0.6 is 11.8 Å². The molecule has 0 radical (unpaired) electrons. The van der Waals surface area contributed by atoms with Crippen molar-refractivity contribution < 1.29 is 9.90 Å². The van der Waals surface area contributed by atoms with Crippen LogP contribution in [0.5, 0.6) is 0 Å². The van der Waals surface area contributed by atoms with Gasteiger partial charge in [-0.05, 0) is 18.9 Å². The number of carbonyl (C=O) groups excluding carboxylic acids is 1. The van der Waals surface area contributed by atoms with E-state index in [1.165, 1.54) is 16.3 Å². The number of rotatable bonds is 12. The van der Waals surface area contributed by atoms with E-state index >= 15 is 0 Å². The Balaban J connectivity index is 1.86. The number of anilines is 1. The maximum atomic E-state index is 12.5. The van der Waals surface area contributed by atoms with Crippen LogP contribution in [-0.4, -0.2) is 45.5 Å². The average Bonchev–Trinajstić information content (AvgIpc) is 2.70. The summed E-state index contributed by atoms with van der Waals surface area (Å²) < 4.78 is 1.46. The fourth-order valence-electron chi connectivity index (χ4n) is 2.81. The largest absolute Gasteiger partial charge is 0.376 e. The molecule has 2 unspecified atom stereocenters. The molecular weight excluding hydrogens is 376 g/mol. The maximum Gasteiger partial charge on any atom is 0.293 e. The monoisotopic (exact) mass is 404 g/mol. The summed E-state index contributed by atoms with van der Waals surface area (Å²) in [6, 6.07) is 9.48. The van der Waals surface area contributed by atoms with Crippen LogP contribution in [0.25, 0.3) is 0 Å². The van der Waals surface area contributed by atoms with E-state index < -0.39 is 12.3 Å². The third kappa shape index (κ3) is 6.47. The van der Waals surface area contributed by atoms with E-state index in [-0.39, 0.29) is 23.7 Å². The molecule has 0 aliphatic rings. The number of aromatic nitrogens is 2. The fraction of sp³-hybridized carbons (Fsp3) is 0.450. The summed E-state index contributed by atoms with van der Waals surface area (Å²) in [5.41, 5.74) is 0.884. The number of hydrogen-bond donors (Lipinski definition) is 3. The molecule has 2 atom stereocenters. The van der Waals surface area contributed by atoms with E-state index in [0.29, 0.717) is 18.7 Å². The summed E-state index contributed by atoms with van der Waals surface area (Å²) in [6.45, 7) is 4.40. The molecule has 2 rings (SSSR count). The molecular formula is C20H28N4O3S. The van der Waals surface area contributed by atoms with Crippen molar-refractivity contribution in [2.45, 2.75) is 38.3 Å². The van der Waals surface area contributed by atoms with Crippen LogP contribution in [0, 0.1) is 0 Å². The molecule has 152 valence electrons. The minimum absolute atomic E-state index is 0.00486. The summed E-state index contributed by atoms with van der Waals surface area (Å²) in [7, 11) is 0. The number of nitrogens with one attached hydrogen (secondary N) is 2. The number of aliphatic hydroxyl groups excluding tert-OH is 1. The summed E-state index contributed by atoms with van der Waals surface area (Å²) in [5.74, 6) is 1.40. The Bertz CT molecular complexity index is 798. The van der Waals surface area contributed by atoms with Crippen molar-refractivity contribution in [2.24, 2.45) is 0 Å². The second kappa shape index (κ2) is 11.6. The molecule has 0 aliphatic heterocycles. The van der Waals surface area contributed by atoms with Gasteiger partial charge in [0.15, 0.2) is 11.6 Å². The van der Waals surface area contributed by atoms with E-state index in [2.05, 4.69) is 15.6 Å². The van der Waals surface area contributed by atoms with Crippen molar-refractivity contribution in [1.82, 2.24) is 14.9 Å². The number of nitrogens with zero attached hydrogens (tertiary/aromatic N) is 2. The second-order valence-electron chi connectivity index (χ2n) is 6.34. The smallest absolute Gasteiger partial charge is 0.293 e. The van der Waals surface area contributed by atoms with Gasteiger partial charge in [0.25, 0.3) is 5.56 Å². The van der Waals surface area contributed by atoms with Crippen LogP contribution in [0.15, 0.2) is 47.5 Å². The molecule has 1 aromatic carbocycles. The van der Waals surface area contributed by atoms with Gasteiger partial charge in [0, 0.05) is 24.7 Å². The molecule has 0 amide bonds. The van der Waals surface area contributed by atoms with Crippen LogP contribution in [0.2, 0.25) is 0 Å². The second-order valence-corrected chi connectivity index (χ2v) is 7.32. The molecule has 7 nitrogen and oxygen atoms in total. The highest BCUT2D eigenvalue weighted by atomic mass is 32.2. The highest BCUT2D eigenvalue weighted by Crippen LogP contribution is 2.14. The van der Waals surface area contributed by atoms with Crippen molar-refractivity contribution in [3.05, 3.63) is 58.6 Å². The zero-order chi connectivity index (χ0) is 20.4. The number of aliphatic hydroxyl groups is 1. The molecule has 8 heteroatoms. The van der Waals surface area contributed by atoms with Crippen molar-refractivity contribution in [1.29, 1.82) is 0 Å². The van der Waals surface area contributed by atoms with Crippen LogP contribution in [0.4, 0.5) is 5.82 Å². The van der Waals surface area contributed by atoms with Gasteiger partial charge in [-0.1, -0.05) is 37.3 Å². The highest BCUT2D eigenvalue weighted by molar-refractivity contribution is 7.99. The molecule has 0 bridgehead atoms. The lowest BCUT2D eigenvalue weighted by Gasteiger charge is -2.25. The first kappa shape index (κ1) is 22.1. The Labute approximate surface area is 169 Å². The van der Waals surface area contributed by atoms with Gasteiger partial charge < -0.3 is 15.0 Å². The molecule has 0 spiro atoms. The quantitative estimate of drug-likeness (QED) is 0.466. The lowest BCUT2D eigenvalue weighted by Crippen LogP contribution is -2.43.